The third kappa shape index (κ3) is 5.11. The average Bonchev–Trinajstić information content (AvgIpc) is 3.92. The molecule has 0 spiro atoms. The molecule has 0 saturated heterocycles. The second-order valence-corrected chi connectivity index (χ2v) is 14.7. The molecule has 0 amide bonds. The molecule has 51 heavy (non-hydrogen) atoms. The molecular weight excluding hydrogens is 661 g/mol. The van der Waals surface area contributed by atoms with Crippen molar-refractivity contribution in [3.05, 3.63) is 163 Å². The molecule has 3 heterocycles. The van der Waals surface area contributed by atoms with Crippen molar-refractivity contribution >= 4 is 64.9 Å². The second-order valence-electron chi connectivity index (χ2n) is 12.6. The van der Waals surface area contributed by atoms with Crippen LogP contribution in [-0.4, -0.2) is 14.5 Å². The van der Waals surface area contributed by atoms with Crippen molar-refractivity contribution in [3.8, 4) is 55.2 Å². The molecule has 10 rings (SSSR count). The number of hydrogen-bond donors (Lipinski definition) is 0. The molecule has 6 heteroatoms. The van der Waals surface area contributed by atoms with Gasteiger partial charge in [0.1, 0.15) is 10.0 Å². The summed E-state index contributed by atoms with van der Waals surface area (Å²) in [6, 6.07) is 57.5. The Hall–Kier alpha value is -6.39. The van der Waals surface area contributed by atoms with Gasteiger partial charge in [0.2, 0.25) is 0 Å². The fourth-order valence-corrected chi connectivity index (χ4v) is 8.92. The van der Waals surface area contributed by atoms with E-state index in [1.54, 1.807) is 22.7 Å². The summed E-state index contributed by atoms with van der Waals surface area (Å²) in [6.45, 7) is 0. The van der Waals surface area contributed by atoms with E-state index in [2.05, 4.69) is 132 Å². The first-order valence-electron chi connectivity index (χ1n) is 16.7. The van der Waals surface area contributed by atoms with Crippen LogP contribution in [0.4, 0.5) is 0 Å². The third-order valence-electron chi connectivity index (χ3n) is 9.49. The molecule has 7 aromatic carbocycles. The van der Waals surface area contributed by atoms with Gasteiger partial charge in [-0.15, -0.1) is 22.7 Å². The lowest BCUT2D eigenvalue weighted by Crippen LogP contribution is -1.94. The predicted molar refractivity (Wildman–Crippen MR) is 214 cm³/mol. The highest BCUT2D eigenvalue weighted by Crippen LogP contribution is 2.40. The van der Waals surface area contributed by atoms with Gasteiger partial charge in [0.15, 0.2) is 0 Å². The molecule has 0 atom stereocenters. The van der Waals surface area contributed by atoms with Gasteiger partial charge in [0.05, 0.1) is 43.1 Å². The van der Waals surface area contributed by atoms with E-state index in [0.29, 0.717) is 5.56 Å². The maximum absolute atomic E-state index is 9.26. The SMILES string of the molecule is N#Cc1ccc(-c2cccc(-c3cccc(-n4c5ccc(-c6nc7ccccc7s6)cc5c5cc(-c6nc7ccccc7s6)ccc54)c3)c2)cc1. The van der Waals surface area contributed by atoms with Crippen molar-refractivity contribution < 1.29 is 0 Å². The summed E-state index contributed by atoms with van der Waals surface area (Å²) < 4.78 is 4.75. The normalized spacial score (nSPS) is 11.5. The van der Waals surface area contributed by atoms with Crippen LogP contribution in [0.2, 0.25) is 0 Å². The van der Waals surface area contributed by atoms with Gasteiger partial charge < -0.3 is 4.57 Å². The topological polar surface area (TPSA) is 54.5 Å². The number of nitriles is 1. The number of para-hydroxylation sites is 2. The zero-order chi connectivity index (χ0) is 33.9. The van der Waals surface area contributed by atoms with Gasteiger partial charge in [-0.25, -0.2) is 9.97 Å². The molecule has 0 N–H and O–H groups in total. The van der Waals surface area contributed by atoms with E-state index in [9.17, 15) is 5.26 Å². The van der Waals surface area contributed by atoms with Crippen molar-refractivity contribution in [2.24, 2.45) is 0 Å². The van der Waals surface area contributed by atoms with Crippen LogP contribution in [-0.2, 0) is 0 Å². The quantitative estimate of drug-likeness (QED) is 0.181. The Morgan fingerprint density at radius 3 is 1.53 bits per heavy atom. The Kier molecular flexibility index (Phi) is 6.88. The summed E-state index contributed by atoms with van der Waals surface area (Å²) in [5, 5.41) is 13.7. The molecule has 0 bridgehead atoms. The van der Waals surface area contributed by atoms with Crippen molar-refractivity contribution in [1.82, 2.24) is 14.5 Å². The summed E-state index contributed by atoms with van der Waals surface area (Å²) in [5.41, 5.74) is 12.8. The Balaban J connectivity index is 1.14. The third-order valence-corrected chi connectivity index (χ3v) is 11.7. The van der Waals surface area contributed by atoms with Crippen LogP contribution < -0.4 is 0 Å². The summed E-state index contributed by atoms with van der Waals surface area (Å²) in [7, 11) is 0. The molecule has 0 radical (unpaired) electrons. The smallest absolute Gasteiger partial charge is 0.124 e. The fraction of sp³-hybridized carbons (Fsp3) is 0. The van der Waals surface area contributed by atoms with Crippen LogP contribution in [0.25, 0.3) is 91.3 Å². The average molecular weight is 687 g/mol. The Labute approximate surface area is 301 Å². The molecule has 238 valence electrons. The van der Waals surface area contributed by atoms with Gasteiger partial charge in [-0.05, 0) is 113 Å². The van der Waals surface area contributed by atoms with E-state index in [1.807, 2.05) is 36.4 Å². The molecule has 3 aromatic heterocycles. The Morgan fingerprint density at radius 1 is 0.451 bits per heavy atom. The Morgan fingerprint density at radius 2 is 0.961 bits per heavy atom. The summed E-state index contributed by atoms with van der Waals surface area (Å²) in [5.74, 6) is 0. The summed E-state index contributed by atoms with van der Waals surface area (Å²) in [6.07, 6.45) is 0. The highest BCUT2D eigenvalue weighted by atomic mass is 32.1. The van der Waals surface area contributed by atoms with E-state index >= 15 is 0 Å². The predicted octanol–water partition coefficient (Wildman–Crippen LogP) is 12.5. The van der Waals surface area contributed by atoms with Gasteiger partial charge >= 0.3 is 0 Å². The molecule has 0 aliphatic rings. The van der Waals surface area contributed by atoms with Crippen molar-refractivity contribution in [3.63, 3.8) is 0 Å². The number of fused-ring (bicyclic) bond motifs is 5. The molecule has 0 fully saturated rings. The van der Waals surface area contributed by atoms with Crippen LogP contribution >= 0.6 is 22.7 Å². The monoisotopic (exact) mass is 686 g/mol. The van der Waals surface area contributed by atoms with Gasteiger partial charge in [0.25, 0.3) is 0 Å². The van der Waals surface area contributed by atoms with E-state index < -0.39 is 0 Å². The number of benzene rings is 7. The first-order chi connectivity index (χ1) is 25.2. The maximum atomic E-state index is 9.26. The highest BCUT2D eigenvalue weighted by molar-refractivity contribution is 7.22. The van der Waals surface area contributed by atoms with Crippen molar-refractivity contribution in [2.45, 2.75) is 0 Å². The number of nitrogens with zero attached hydrogens (tertiary/aromatic N) is 4. The van der Waals surface area contributed by atoms with Gasteiger partial charge in [0, 0.05) is 27.6 Å². The van der Waals surface area contributed by atoms with E-state index in [0.717, 1.165) is 71.2 Å². The minimum Gasteiger partial charge on any atom is -0.309 e. The van der Waals surface area contributed by atoms with Crippen molar-refractivity contribution in [1.29, 1.82) is 5.26 Å². The molecule has 0 unspecified atom stereocenters. The van der Waals surface area contributed by atoms with Gasteiger partial charge in [-0.1, -0.05) is 66.7 Å². The molecule has 10 aromatic rings. The molecule has 0 saturated carbocycles. The van der Waals surface area contributed by atoms with E-state index in [4.69, 9.17) is 9.97 Å². The van der Waals surface area contributed by atoms with Gasteiger partial charge in [-0.2, -0.15) is 5.26 Å². The molecule has 4 nitrogen and oxygen atoms in total. The summed E-state index contributed by atoms with van der Waals surface area (Å²) >= 11 is 3.46. The minimum absolute atomic E-state index is 0.660. The lowest BCUT2D eigenvalue weighted by atomic mass is 9.98. The summed E-state index contributed by atoms with van der Waals surface area (Å²) in [4.78, 5) is 9.99. The largest absolute Gasteiger partial charge is 0.309 e. The van der Waals surface area contributed by atoms with Crippen LogP contribution in [0, 0.1) is 11.3 Å². The lowest BCUT2D eigenvalue weighted by Gasteiger charge is -2.12. The zero-order valence-electron chi connectivity index (χ0n) is 27.1. The van der Waals surface area contributed by atoms with Crippen LogP contribution in [0.15, 0.2) is 158 Å². The zero-order valence-corrected chi connectivity index (χ0v) is 28.7. The van der Waals surface area contributed by atoms with Gasteiger partial charge in [-0.3, -0.25) is 0 Å². The van der Waals surface area contributed by atoms with E-state index in [-0.39, 0.29) is 0 Å². The van der Waals surface area contributed by atoms with E-state index in [1.165, 1.54) is 20.2 Å². The minimum atomic E-state index is 0.660. The van der Waals surface area contributed by atoms with Crippen LogP contribution in [0.3, 0.4) is 0 Å². The van der Waals surface area contributed by atoms with Crippen LogP contribution in [0.5, 0.6) is 0 Å². The standard InChI is InChI=1S/C45H26N4S2/c46-27-28-15-17-29(18-16-28)30-7-5-8-31(23-30)32-9-6-10-35(24-32)49-40-21-19-33(44-47-38-11-1-3-13-42(38)50-44)25-36(40)37-26-34(20-22-41(37)49)45-48-39-12-2-4-14-43(39)51-45/h1-26H. The first-order valence-corrected chi connectivity index (χ1v) is 18.3. The fourth-order valence-electron chi connectivity index (χ4n) is 7.00. The highest BCUT2D eigenvalue weighted by Gasteiger charge is 2.17. The second kappa shape index (κ2) is 11.9. The number of aromatic nitrogens is 3. The molecular formula is C45H26N4S2. The number of hydrogen-bond acceptors (Lipinski definition) is 5. The molecule has 0 aliphatic heterocycles. The lowest BCUT2D eigenvalue weighted by molar-refractivity contribution is 1.18. The first kappa shape index (κ1) is 29.5. The Bertz CT molecular complexity index is 2800. The number of rotatable bonds is 5. The maximum Gasteiger partial charge on any atom is 0.124 e. The van der Waals surface area contributed by atoms with Crippen LogP contribution in [0.1, 0.15) is 5.56 Å². The van der Waals surface area contributed by atoms with Crippen molar-refractivity contribution in [2.75, 3.05) is 0 Å². The molecule has 0 aliphatic carbocycles. The number of thiazole rings is 2.